The average Bonchev–Trinajstić information content (AvgIpc) is 3.38. The SMILES string of the molecule is CC[C@@H](c1nccs1)n1cnc(-c2ccccc2)c1-c1nccn1C. The van der Waals surface area contributed by atoms with Crippen molar-refractivity contribution in [2.75, 3.05) is 0 Å². The lowest BCUT2D eigenvalue weighted by Gasteiger charge is -2.18. The topological polar surface area (TPSA) is 48.5 Å². The predicted molar refractivity (Wildman–Crippen MR) is 100 cm³/mol. The van der Waals surface area contributed by atoms with Crippen LogP contribution in [-0.4, -0.2) is 24.1 Å². The summed E-state index contributed by atoms with van der Waals surface area (Å²) >= 11 is 1.68. The van der Waals surface area contributed by atoms with Crippen LogP contribution in [0.3, 0.4) is 0 Å². The van der Waals surface area contributed by atoms with Crippen molar-refractivity contribution in [1.82, 2.24) is 24.1 Å². The maximum absolute atomic E-state index is 4.75. The Hall–Kier alpha value is -2.73. The molecule has 126 valence electrons. The Labute approximate surface area is 150 Å². The van der Waals surface area contributed by atoms with E-state index in [1.807, 2.05) is 60.1 Å². The second-order valence-electron chi connectivity index (χ2n) is 5.87. The fraction of sp³-hybridized carbons (Fsp3) is 0.211. The van der Waals surface area contributed by atoms with E-state index in [4.69, 9.17) is 4.98 Å². The van der Waals surface area contributed by atoms with Crippen molar-refractivity contribution in [1.29, 1.82) is 0 Å². The summed E-state index contributed by atoms with van der Waals surface area (Å²) in [6.07, 6.45) is 8.51. The first-order valence-corrected chi connectivity index (χ1v) is 9.17. The van der Waals surface area contributed by atoms with Crippen LogP contribution in [-0.2, 0) is 7.05 Å². The van der Waals surface area contributed by atoms with E-state index in [0.29, 0.717) is 0 Å². The van der Waals surface area contributed by atoms with Crippen LogP contribution in [0.2, 0.25) is 0 Å². The highest BCUT2D eigenvalue weighted by molar-refractivity contribution is 7.09. The standard InChI is InChI=1S/C19H19N5S/c1-3-15(19-21-10-12-25-19)24-13-22-16(14-7-5-4-6-8-14)17(24)18-20-9-11-23(18)2/h4-13,15H,3H2,1-2H3/t15-/m0/s1. The Balaban J connectivity index is 1.94. The Morgan fingerprint density at radius 1 is 1.08 bits per heavy atom. The van der Waals surface area contributed by atoms with Gasteiger partial charge in [0.25, 0.3) is 0 Å². The minimum absolute atomic E-state index is 0.150. The summed E-state index contributed by atoms with van der Waals surface area (Å²) in [6, 6.07) is 10.4. The van der Waals surface area contributed by atoms with Gasteiger partial charge in [0.2, 0.25) is 0 Å². The van der Waals surface area contributed by atoms with Gasteiger partial charge < -0.3 is 9.13 Å². The van der Waals surface area contributed by atoms with Crippen LogP contribution in [0.5, 0.6) is 0 Å². The van der Waals surface area contributed by atoms with Crippen LogP contribution < -0.4 is 0 Å². The first-order valence-electron chi connectivity index (χ1n) is 8.29. The highest BCUT2D eigenvalue weighted by Gasteiger charge is 2.24. The predicted octanol–water partition coefficient (Wildman–Crippen LogP) is 4.41. The molecular formula is C19H19N5S. The molecule has 0 unspecified atom stereocenters. The molecule has 0 spiro atoms. The number of nitrogens with zero attached hydrogens (tertiary/aromatic N) is 5. The van der Waals surface area contributed by atoms with Crippen molar-refractivity contribution in [3.05, 3.63) is 65.6 Å². The lowest BCUT2D eigenvalue weighted by molar-refractivity contribution is 0.565. The number of aromatic nitrogens is 5. The van der Waals surface area contributed by atoms with Gasteiger partial charge in [0, 0.05) is 36.6 Å². The Morgan fingerprint density at radius 3 is 2.56 bits per heavy atom. The second kappa shape index (κ2) is 6.64. The van der Waals surface area contributed by atoms with Gasteiger partial charge in [0.15, 0.2) is 5.82 Å². The van der Waals surface area contributed by atoms with Gasteiger partial charge in [0.1, 0.15) is 10.7 Å². The molecule has 0 saturated carbocycles. The number of imidazole rings is 2. The highest BCUT2D eigenvalue weighted by Crippen LogP contribution is 2.35. The van der Waals surface area contributed by atoms with E-state index in [1.54, 1.807) is 11.3 Å². The van der Waals surface area contributed by atoms with Crippen LogP contribution >= 0.6 is 11.3 Å². The second-order valence-corrected chi connectivity index (χ2v) is 6.80. The largest absolute Gasteiger partial charge is 0.333 e. The molecule has 0 N–H and O–H groups in total. The van der Waals surface area contributed by atoms with Crippen LogP contribution in [0.1, 0.15) is 24.4 Å². The first kappa shape index (κ1) is 15.8. The molecule has 3 heterocycles. The molecule has 0 aliphatic carbocycles. The first-order chi connectivity index (χ1) is 12.3. The summed E-state index contributed by atoms with van der Waals surface area (Å²) in [4.78, 5) is 13.9. The molecule has 5 nitrogen and oxygen atoms in total. The third-order valence-corrected chi connectivity index (χ3v) is 5.21. The summed E-state index contributed by atoms with van der Waals surface area (Å²) in [7, 11) is 2.01. The Morgan fingerprint density at radius 2 is 1.92 bits per heavy atom. The van der Waals surface area contributed by atoms with E-state index in [9.17, 15) is 0 Å². The molecule has 4 aromatic rings. The summed E-state index contributed by atoms with van der Waals surface area (Å²) in [6.45, 7) is 2.18. The highest BCUT2D eigenvalue weighted by atomic mass is 32.1. The van der Waals surface area contributed by atoms with Crippen LogP contribution in [0.25, 0.3) is 22.8 Å². The summed E-state index contributed by atoms with van der Waals surface area (Å²) in [5, 5.41) is 3.11. The number of hydrogen-bond donors (Lipinski definition) is 0. The molecule has 0 radical (unpaired) electrons. The van der Waals surface area contributed by atoms with E-state index in [0.717, 1.165) is 34.2 Å². The molecule has 0 saturated heterocycles. The molecular weight excluding hydrogens is 330 g/mol. The summed E-state index contributed by atoms with van der Waals surface area (Å²) in [5.41, 5.74) is 3.07. The Kier molecular flexibility index (Phi) is 4.19. The molecule has 1 atom stereocenters. The normalized spacial score (nSPS) is 12.4. The summed E-state index contributed by atoms with van der Waals surface area (Å²) < 4.78 is 4.25. The van der Waals surface area contributed by atoms with Crippen LogP contribution in [0.15, 0.2) is 60.6 Å². The van der Waals surface area contributed by atoms with Crippen molar-refractivity contribution in [3.63, 3.8) is 0 Å². The lowest BCUT2D eigenvalue weighted by Crippen LogP contribution is -2.11. The molecule has 0 fully saturated rings. The fourth-order valence-electron chi connectivity index (χ4n) is 3.11. The molecule has 25 heavy (non-hydrogen) atoms. The van der Waals surface area contributed by atoms with Gasteiger partial charge in [0.05, 0.1) is 18.1 Å². The lowest BCUT2D eigenvalue weighted by atomic mass is 10.1. The molecule has 0 aliphatic rings. The van der Waals surface area contributed by atoms with Crippen molar-refractivity contribution in [2.45, 2.75) is 19.4 Å². The van der Waals surface area contributed by atoms with E-state index in [2.05, 4.69) is 33.6 Å². The zero-order valence-electron chi connectivity index (χ0n) is 14.2. The molecule has 3 aromatic heterocycles. The number of benzene rings is 1. The smallest absolute Gasteiger partial charge is 0.158 e. The van der Waals surface area contributed by atoms with Gasteiger partial charge in [-0.05, 0) is 6.42 Å². The van der Waals surface area contributed by atoms with Gasteiger partial charge in [-0.2, -0.15) is 0 Å². The fourth-order valence-corrected chi connectivity index (χ4v) is 3.93. The molecule has 4 rings (SSSR count). The van der Waals surface area contributed by atoms with E-state index in [1.165, 1.54) is 0 Å². The number of hydrogen-bond acceptors (Lipinski definition) is 4. The van der Waals surface area contributed by atoms with Gasteiger partial charge in [-0.1, -0.05) is 37.3 Å². The maximum Gasteiger partial charge on any atom is 0.158 e. The van der Waals surface area contributed by atoms with Crippen molar-refractivity contribution in [3.8, 4) is 22.8 Å². The molecule has 6 heteroatoms. The van der Waals surface area contributed by atoms with Crippen LogP contribution in [0.4, 0.5) is 0 Å². The molecule has 0 aliphatic heterocycles. The third kappa shape index (κ3) is 2.78. The third-order valence-electron chi connectivity index (χ3n) is 4.33. The van der Waals surface area contributed by atoms with Crippen molar-refractivity contribution < 1.29 is 0 Å². The van der Waals surface area contributed by atoms with Gasteiger partial charge in [-0.3, -0.25) is 0 Å². The number of thiazole rings is 1. The monoisotopic (exact) mass is 349 g/mol. The number of rotatable bonds is 5. The summed E-state index contributed by atoms with van der Waals surface area (Å²) in [5.74, 6) is 0.909. The van der Waals surface area contributed by atoms with Gasteiger partial charge >= 0.3 is 0 Å². The zero-order chi connectivity index (χ0) is 17.2. The maximum atomic E-state index is 4.75. The Bertz CT molecular complexity index is 953. The molecule has 0 amide bonds. The zero-order valence-corrected chi connectivity index (χ0v) is 15.0. The van der Waals surface area contributed by atoms with Crippen molar-refractivity contribution >= 4 is 11.3 Å². The van der Waals surface area contributed by atoms with E-state index >= 15 is 0 Å². The number of aryl methyl sites for hydroxylation is 1. The minimum Gasteiger partial charge on any atom is -0.333 e. The van der Waals surface area contributed by atoms with E-state index in [-0.39, 0.29) is 6.04 Å². The molecule has 1 aromatic carbocycles. The van der Waals surface area contributed by atoms with Gasteiger partial charge in [-0.25, -0.2) is 15.0 Å². The van der Waals surface area contributed by atoms with Crippen molar-refractivity contribution in [2.24, 2.45) is 7.05 Å². The minimum atomic E-state index is 0.150. The molecule has 0 bridgehead atoms. The van der Waals surface area contributed by atoms with E-state index < -0.39 is 0 Å². The average molecular weight is 349 g/mol. The van der Waals surface area contributed by atoms with Crippen LogP contribution in [0, 0.1) is 0 Å². The van der Waals surface area contributed by atoms with Gasteiger partial charge in [-0.15, -0.1) is 11.3 Å². The quantitative estimate of drug-likeness (QED) is 0.536.